The molecule has 1 N–H and O–H groups in total. The standard InChI is InChI=1S/C12H19FN2/c1-3-14-9-10-15(4-2)12-8-6-5-7-11(12)13/h5-8,14H,3-4,9-10H2,1-2H3. The summed E-state index contributed by atoms with van der Waals surface area (Å²) in [4.78, 5) is 2.04. The second kappa shape index (κ2) is 6.40. The Labute approximate surface area is 91.1 Å². The average molecular weight is 210 g/mol. The van der Waals surface area contributed by atoms with E-state index in [9.17, 15) is 4.39 Å². The summed E-state index contributed by atoms with van der Waals surface area (Å²) in [7, 11) is 0. The van der Waals surface area contributed by atoms with Crippen LogP contribution in [0.25, 0.3) is 0 Å². The molecular formula is C12H19FN2. The van der Waals surface area contributed by atoms with Gasteiger partial charge in [0.1, 0.15) is 5.82 Å². The molecule has 1 aromatic carbocycles. The molecule has 0 radical (unpaired) electrons. The van der Waals surface area contributed by atoms with Gasteiger partial charge in [-0.3, -0.25) is 0 Å². The maximum atomic E-state index is 13.5. The van der Waals surface area contributed by atoms with Gasteiger partial charge in [-0.1, -0.05) is 19.1 Å². The smallest absolute Gasteiger partial charge is 0.146 e. The van der Waals surface area contributed by atoms with Gasteiger partial charge >= 0.3 is 0 Å². The van der Waals surface area contributed by atoms with Gasteiger partial charge < -0.3 is 10.2 Å². The minimum atomic E-state index is -0.143. The number of nitrogens with zero attached hydrogens (tertiary/aromatic N) is 1. The van der Waals surface area contributed by atoms with E-state index < -0.39 is 0 Å². The first-order chi connectivity index (χ1) is 7.29. The van der Waals surface area contributed by atoms with Gasteiger partial charge in [0.15, 0.2) is 0 Å². The van der Waals surface area contributed by atoms with E-state index >= 15 is 0 Å². The van der Waals surface area contributed by atoms with Crippen LogP contribution < -0.4 is 10.2 Å². The van der Waals surface area contributed by atoms with Crippen molar-refractivity contribution in [3.05, 3.63) is 30.1 Å². The molecule has 0 aromatic heterocycles. The summed E-state index contributed by atoms with van der Waals surface area (Å²) in [6.45, 7) is 7.61. The van der Waals surface area contributed by atoms with E-state index in [1.807, 2.05) is 24.0 Å². The molecular weight excluding hydrogens is 191 g/mol. The second-order valence-electron chi connectivity index (χ2n) is 3.38. The SMILES string of the molecule is CCNCCN(CC)c1ccccc1F. The lowest BCUT2D eigenvalue weighted by atomic mass is 10.2. The Morgan fingerprint density at radius 2 is 2.00 bits per heavy atom. The van der Waals surface area contributed by atoms with Crippen molar-refractivity contribution in [2.75, 3.05) is 31.1 Å². The number of anilines is 1. The molecule has 2 nitrogen and oxygen atoms in total. The van der Waals surface area contributed by atoms with Crippen LogP contribution in [0.5, 0.6) is 0 Å². The molecule has 1 aromatic rings. The predicted octanol–water partition coefficient (Wildman–Crippen LogP) is 2.26. The van der Waals surface area contributed by atoms with E-state index in [0.717, 1.165) is 26.2 Å². The van der Waals surface area contributed by atoms with Crippen LogP contribution in [0.1, 0.15) is 13.8 Å². The lowest BCUT2D eigenvalue weighted by Gasteiger charge is -2.23. The van der Waals surface area contributed by atoms with Gasteiger partial charge in [0, 0.05) is 19.6 Å². The Morgan fingerprint density at radius 3 is 2.60 bits per heavy atom. The van der Waals surface area contributed by atoms with Gasteiger partial charge in [0.05, 0.1) is 5.69 Å². The number of benzene rings is 1. The van der Waals surface area contributed by atoms with Crippen molar-refractivity contribution in [1.29, 1.82) is 0 Å². The molecule has 0 spiro atoms. The summed E-state index contributed by atoms with van der Waals surface area (Å²) < 4.78 is 13.5. The van der Waals surface area contributed by atoms with Crippen molar-refractivity contribution in [3.63, 3.8) is 0 Å². The van der Waals surface area contributed by atoms with Crippen LogP contribution in [0.15, 0.2) is 24.3 Å². The van der Waals surface area contributed by atoms with Crippen LogP contribution in [-0.2, 0) is 0 Å². The maximum absolute atomic E-state index is 13.5. The Balaban J connectivity index is 2.61. The highest BCUT2D eigenvalue weighted by atomic mass is 19.1. The molecule has 84 valence electrons. The third-order valence-electron chi connectivity index (χ3n) is 2.38. The molecule has 0 amide bonds. The topological polar surface area (TPSA) is 15.3 Å². The van der Waals surface area contributed by atoms with E-state index in [4.69, 9.17) is 0 Å². The summed E-state index contributed by atoms with van der Waals surface area (Å²) in [6, 6.07) is 6.92. The number of hydrogen-bond donors (Lipinski definition) is 1. The monoisotopic (exact) mass is 210 g/mol. The van der Waals surface area contributed by atoms with Gasteiger partial charge in [0.2, 0.25) is 0 Å². The Bertz CT molecular complexity index is 289. The van der Waals surface area contributed by atoms with Crippen LogP contribution in [0.2, 0.25) is 0 Å². The molecule has 0 aliphatic heterocycles. The van der Waals surface area contributed by atoms with Gasteiger partial charge in [-0.25, -0.2) is 4.39 Å². The van der Waals surface area contributed by atoms with Gasteiger partial charge in [-0.05, 0) is 25.6 Å². The normalized spacial score (nSPS) is 10.3. The highest BCUT2D eigenvalue weighted by Gasteiger charge is 2.07. The van der Waals surface area contributed by atoms with Gasteiger partial charge in [-0.2, -0.15) is 0 Å². The zero-order valence-electron chi connectivity index (χ0n) is 9.46. The fourth-order valence-corrected chi connectivity index (χ4v) is 1.55. The molecule has 0 aliphatic rings. The first kappa shape index (κ1) is 12.0. The highest BCUT2D eigenvalue weighted by Crippen LogP contribution is 2.17. The summed E-state index contributed by atoms with van der Waals surface area (Å²) >= 11 is 0. The fourth-order valence-electron chi connectivity index (χ4n) is 1.55. The molecule has 0 atom stereocenters. The molecule has 3 heteroatoms. The zero-order valence-corrected chi connectivity index (χ0v) is 9.46. The molecule has 0 saturated heterocycles. The van der Waals surface area contributed by atoms with Crippen LogP contribution in [0, 0.1) is 5.82 Å². The number of nitrogens with one attached hydrogen (secondary N) is 1. The van der Waals surface area contributed by atoms with Crippen LogP contribution in [-0.4, -0.2) is 26.2 Å². The zero-order chi connectivity index (χ0) is 11.1. The molecule has 1 rings (SSSR count). The van der Waals surface area contributed by atoms with Crippen molar-refractivity contribution >= 4 is 5.69 Å². The summed E-state index contributed by atoms with van der Waals surface area (Å²) in [5.41, 5.74) is 0.693. The highest BCUT2D eigenvalue weighted by molar-refractivity contribution is 5.47. The number of hydrogen-bond acceptors (Lipinski definition) is 2. The quantitative estimate of drug-likeness (QED) is 0.724. The van der Waals surface area contributed by atoms with Crippen molar-refractivity contribution in [2.45, 2.75) is 13.8 Å². The summed E-state index contributed by atoms with van der Waals surface area (Å²) in [5.74, 6) is -0.143. The lowest BCUT2D eigenvalue weighted by molar-refractivity contribution is 0.612. The molecule has 0 saturated carbocycles. The molecule has 0 bridgehead atoms. The minimum absolute atomic E-state index is 0.143. The van der Waals surface area contributed by atoms with Crippen LogP contribution >= 0.6 is 0 Å². The van der Waals surface area contributed by atoms with E-state index in [2.05, 4.69) is 12.2 Å². The average Bonchev–Trinajstić information content (AvgIpc) is 2.26. The third-order valence-corrected chi connectivity index (χ3v) is 2.38. The molecule has 0 unspecified atom stereocenters. The van der Waals surface area contributed by atoms with Crippen molar-refractivity contribution < 1.29 is 4.39 Å². The number of para-hydroxylation sites is 1. The molecule has 15 heavy (non-hydrogen) atoms. The molecule has 0 aliphatic carbocycles. The van der Waals surface area contributed by atoms with Gasteiger partial charge in [0.25, 0.3) is 0 Å². The van der Waals surface area contributed by atoms with Crippen molar-refractivity contribution in [1.82, 2.24) is 5.32 Å². The van der Waals surface area contributed by atoms with E-state index in [-0.39, 0.29) is 5.82 Å². The first-order valence-electron chi connectivity index (χ1n) is 5.49. The maximum Gasteiger partial charge on any atom is 0.146 e. The number of likely N-dealkylation sites (N-methyl/N-ethyl adjacent to an activating group) is 2. The van der Waals surface area contributed by atoms with Gasteiger partial charge in [-0.15, -0.1) is 0 Å². The Kier molecular flexibility index (Phi) is 5.12. The summed E-state index contributed by atoms with van der Waals surface area (Å²) in [5, 5.41) is 3.24. The van der Waals surface area contributed by atoms with E-state index in [1.54, 1.807) is 6.07 Å². The number of rotatable bonds is 6. The van der Waals surface area contributed by atoms with Crippen molar-refractivity contribution in [2.24, 2.45) is 0 Å². The Hall–Kier alpha value is -1.09. The predicted molar refractivity (Wildman–Crippen MR) is 62.8 cm³/mol. The number of halogens is 1. The van der Waals surface area contributed by atoms with E-state index in [1.165, 1.54) is 6.07 Å². The fraction of sp³-hybridized carbons (Fsp3) is 0.500. The van der Waals surface area contributed by atoms with Crippen LogP contribution in [0.3, 0.4) is 0 Å². The minimum Gasteiger partial charge on any atom is -0.368 e. The largest absolute Gasteiger partial charge is 0.368 e. The third kappa shape index (κ3) is 3.51. The molecule has 0 heterocycles. The summed E-state index contributed by atoms with van der Waals surface area (Å²) in [6.07, 6.45) is 0. The molecule has 0 fully saturated rings. The lowest BCUT2D eigenvalue weighted by Crippen LogP contribution is -2.32. The Morgan fingerprint density at radius 1 is 1.27 bits per heavy atom. The van der Waals surface area contributed by atoms with Crippen molar-refractivity contribution in [3.8, 4) is 0 Å². The first-order valence-corrected chi connectivity index (χ1v) is 5.49. The van der Waals surface area contributed by atoms with E-state index in [0.29, 0.717) is 5.69 Å². The second-order valence-corrected chi connectivity index (χ2v) is 3.38. The van der Waals surface area contributed by atoms with Crippen LogP contribution in [0.4, 0.5) is 10.1 Å².